The minimum Gasteiger partial charge on any atom is -0.339 e. The quantitative estimate of drug-likeness (QED) is 0.520. The highest BCUT2D eigenvalue weighted by Crippen LogP contribution is 2.39. The molecule has 0 bridgehead atoms. The third-order valence-electron chi connectivity index (χ3n) is 4.52. The first kappa shape index (κ1) is 17.3. The van der Waals surface area contributed by atoms with Crippen molar-refractivity contribution in [3.05, 3.63) is 102 Å². The molecule has 0 amide bonds. The van der Waals surface area contributed by atoms with E-state index in [4.69, 9.17) is 4.99 Å². The molecule has 1 aliphatic heterocycles. The number of anilines is 1. The van der Waals surface area contributed by atoms with E-state index >= 15 is 0 Å². The van der Waals surface area contributed by atoms with E-state index in [1.807, 2.05) is 24.3 Å². The molecule has 0 spiro atoms. The van der Waals surface area contributed by atoms with E-state index in [2.05, 4.69) is 86.8 Å². The Hall–Kier alpha value is -3.13. The Morgan fingerprint density at radius 3 is 2.11 bits per heavy atom. The number of benzene rings is 3. The lowest BCUT2D eigenvalue weighted by molar-refractivity contribution is 0.546. The van der Waals surface area contributed by atoms with Crippen LogP contribution in [0.2, 0.25) is 0 Å². The number of hydrogen-bond donors (Lipinski definition) is 1. The fraction of sp³-hybridized carbons (Fsp3) is 0.160. The van der Waals surface area contributed by atoms with Gasteiger partial charge in [0.05, 0.1) is 5.69 Å². The Morgan fingerprint density at radius 1 is 0.741 bits per heavy atom. The lowest BCUT2D eigenvalue weighted by Crippen LogP contribution is -2.16. The summed E-state index contributed by atoms with van der Waals surface area (Å²) in [7, 11) is 0. The second-order valence-corrected chi connectivity index (χ2v) is 7.94. The van der Waals surface area contributed by atoms with Crippen LogP contribution in [0, 0.1) is 5.41 Å². The molecule has 2 nitrogen and oxygen atoms in total. The number of nitrogens with zero attached hydrogens (tertiary/aromatic N) is 1. The van der Waals surface area contributed by atoms with Crippen LogP contribution in [-0.2, 0) is 0 Å². The van der Waals surface area contributed by atoms with Gasteiger partial charge in [-0.15, -0.1) is 0 Å². The minimum atomic E-state index is 0.0563. The molecular weight excluding hydrogens is 328 g/mol. The van der Waals surface area contributed by atoms with Gasteiger partial charge in [-0.25, -0.2) is 4.99 Å². The maximum Gasteiger partial charge on any atom is 0.138 e. The number of para-hydroxylation sites is 2. The van der Waals surface area contributed by atoms with E-state index in [1.54, 1.807) is 0 Å². The summed E-state index contributed by atoms with van der Waals surface area (Å²) >= 11 is 0. The molecule has 0 saturated carbocycles. The van der Waals surface area contributed by atoms with Crippen molar-refractivity contribution in [3.63, 3.8) is 0 Å². The standard InChI is InChI=1S/C25H24N2/c1-25(2,3)17-21-19-13-7-9-15-22(19)26-24(18-11-5-4-6-12-18)27-23-16-10-8-14-20(21)23/h4-17H,1-3H3,(H,26,27). The zero-order chi connectivity index (χ0) is 18.9. The Labute approximate surface area is 161 Å². The summed E-state index contributed by atoms with van der Waals surface area (Å²) in [4.78, 5) is 5.01. The summed E-state index contributed by atoms with van der Waals surface area (Å²) in [5, 5.41) is 3.58. The molecule has 0 saturated heterocycles. The van der Waals surface area contributed by atoms with Gasteiger partial charge in [-0.1, -0.05) is 93.6 Å². The van der Waals surface area contributed by atoms with Gasteiger partial charge < -0.3 is 5.32 Å². The van der Waals surface area contributed by atoms with Crippen LogP contribution in [0.25, 0.3) is 5.57 Å². The first-order valence-electron chi connectivity index (χ1n) is 9.34. The highest BCUT2D eigenvalue weighted by atomic mass is 15.0. The smallest absolute Gasteiger partial charge is 0.138 e. The third kappa shape index (κ3) is 3.70. The Bertz CT molecular complexity index is 1020. The molecule has 0 unspecified atom stereocenters. The van der Waals surface area contributed by atoms with Crippen LogP contribution in [0.1, 0.15) is 37.5 Å². The van der Waals surface area contributed by atoms with Crippen LogP contribution >= 0.6 is 0 Å². The maximum absolute atomic E-state index is 5.01. The molecule has 1 heterocycles. The zero-order valence-electron chi connectivity index (χ0n) is 16.0. The average Bonchev–Trinajstić information content (AvgIpc) is 2.65. The van der Waals surface area contributed by atoms with Gasteiger partial charge in [0.25, 0.3) is 0 Å². The van der Waals surface area contributed by atoms with E-state index in [1.165, 1.54) is 11.1 Å². The summed E-state index contributed by atoms with van der Waals surface area (Å²) in [6.07, 6.45) is 2.34. The van der Waals surface area contributed by atoms with Crippen molar-refractivity contribution in [1.82, 2.24) is 0 Å². The third-order valence-corrected chi connectivity index (χ3v) is 4.52. The van der Waals surface area contributed by atoms with E-state index < -0.39 is 0 Å². The molecule has 1 N–H and O–H groups in total. The first-order chi connectivity index (χ1) is 13.0. The molecule has 1 aliphatic rings. The molecule has 0 fully saturated rings. The Kier molecular flexibility index (Phi) is 4.41. The number of allylic oxidation sites excluding steroid dienone is 1. The molecule has 2 heteroatoms. The lowest BCUT2D eigenvalue weighted by Gasteiger charge is -2.24. The topological polar surface area (TPSA) is 24.4 Å². The first-order valence-corrected chi connectivity index (χ1v) is 9.34. The minimum absolute atomic E-state index is 0.0563. The molecule has 4 rings (SSSR count). The van der Waals surface area contributed by atoms with Crippen LogP contribution in [0.4, 0.5) is 11.4 Å². The molecule has 0 atom stereocenters. The van der Waals surface area contributed by atoms with Gasteiger partial charge in [0, 0.05) is 22.4 Å². The molecule has 3 aromatic rings. The van der Waals surface area contributed by atoms with E-state index in [0.29, 0.717) is 0 Å². The number of hydrogen-bond acceptors (Lipinski definition) is 2. The second-order valence-electron chi connectivity index (χ2n) is 7.94. The summed E-state index contributed by atoms with van der Waals surface area (Å²) in [6, 6.07) is 27.2. The normalized spacial score (nSPS) is 15.1. The lowest BCUT2D eigenvalue weighted by atomic mass is 9.86. The van der Waals surface area contributed by atoms with Crippen LogP contribution in [0.3, 0.4) is 0 Å². The molecule has 0 radical (unpaired) electrons. The van der Waals surface area contributed by atoms with Gasteiger partial charge in [0.1, 0.15) is 5.84 Å². The Morgan fingerprint density at radius 2 is 1.37 bits per heavy atom. The molecule has 0 aromatic heterocycles. The molecule has 0 aliphatic carbocycles. The van der Waals surface area contributed by atoms with Gasteiger partial charge >= 0.3 is 0 Å². The highest BCUT2D eigenvalue weighted by molar-refractivity contribution is 6.12. The van der Waals surface area contributed by atoms with Crippen LogP contribution < -0.4 is 5.32 Å². The van der Waals surface area contributed by atoms with Gasteiger partial charge in [-0.05, 0) is 23.1 Å². The Balaban J connectivity index is 2.01. The van der Waals surface area contributed by atoms with E-state index in [0.717, 1.165) is 28.3 Å². The van der Waals surface area contributed by atoms with Crippen molar-refractivity contribution in [2.75, 3.05) is 5.32 Å². The van der Waals surface area contributed by atoms with Crippen molar-refractivity contribution in [2.45, 2.75) is 20.8 Å². The zero-order valence-corrected chi connectivity index (χ0v) is 16.0. The average molecular weight is 352 g/mol. The number of fused-ring (bicyclic) bond motifs is 2. The molecule has 3 aromatic carbocycles. The van der Waals surface area contributed by atoms with Crippen molar-refractivity contribution in [3.8, 4) is 0 Å². The fourth-order valence-electron chi connectivity index (χ4n) is 3.37. The van der Waals surface area contributed by atoms with Gasteiger partial charge in [-0.2, -0.15) is 0 Å². The predicted octanol–water partition coefficient (Wildman–Crippen LogP) is 6.67. The van der Waals surface area contributed by atoms with Crippen molar-refractivity contribution in [2.24, 2.45) is 10.4 Å². The largest absolute Gasteiger partial charge is 0.339 e. The summed E-state index contributed by atoms with van der Waals surface area (Å²) in [5.74, 6) is 0.866. The predicted molar refractivity (Wildman–Crippen MR) is 116 cm³/mol. The van der Waals surface area contributed by atoms with Crippen LogP contribution in [-0.4, -0.2) is 5.84 Å². The van der Waals surface area contributed by atoms with E-state index in [-0.39, 0.29) is 5.41 Å². The van der Waals surface area contributed by atoms with Crippen molar-refractivity contribution >= 4 is 22.8 Å². The van der Waals surface area contributed by atoms with Crippen molar-refractivity contribution in [1.29, 1.82) is 0 Å². The number of nitrogens with one attached hydrogen (secondary N) is 1. The fourth-order valence-corrected chi connectivity index (χ4v) is 3.37. The maximum atomic E-state index is 5.01. The van der Waals surface area contributed by atoms with Crippen molar-refractivity contribution < 1.29 is 0 Å². The number of aliphatic imine (C=N–C) groups is 1. The SMILES string of the molecule is CC(C)(C)/C=C1\c2ccccc2N=C(c2ccccc2)Nc2ccccc21. The molecule has 134 valence electrons. The summed E-state index contributed by atoms with van der Waals surface area (Å²) in [5.41, 5.74) is 6.76. The number of amidine groups is 1. The van der Waals surface area contributed by atoms with E-state index in [9.17, 15) is 0 Å². The highest BCUT2D eigenvalue weighted by Gasteiger charge is 2.20. The van der Waals surface area contributed by atoms with Gasteiger partial charge in [0.2, 0.25) is 0 Å². The van der Waals surface area contributed by atoms with Crippen LogP contribution in [0.5, 0.6) is 0 Å². The van der Waals surface area contributed by atoms with Gasteiger partial charge in [0.15, 0.2) is 0 Å². The molecular formula is C25H24N2. The monoisotopic (exact) mass is 352 g/mol. The van der Waals surface area contributed by atoms with Gasteiger partial charge in [-0.3, -0.25) is 0 Å². The summed E-state index contributed by atoms with van der Waals surface area (Å²) in [6.45, 7) is 6.70. The second kappa shape index (κ2) is 6.88. The molecule has 27 heavy (non-hydrogen) atoms. The van der Waals surface area contributed by atoms with Crippen LogP contribution in [0.15, 0.2) is 89.9 Å². The summed E-state index contributed by atoms with van der Waals surface area (Å²) < 4.78 is 0. The number of rotatable bonds is 1.